The van der Waals surface area contributed by atoms with Gasteiger partial charge in [-0.15, -0.1) is 11.3 Å². The van der Waals surface area contributed by atoms with Gasteiger partial charge in [-0.3, -0.25) is 0 Å². The molecule has 0 aliphatic rings. The minimum absolute atomic E-state index is 0.584. The fourth-order valence-corrected chi connectivity index (χ4v) is 3.82. The number of rotatable bonds is 4. The van der Waals surface area contributed by atoms with Crippen molar-refractivity contribution >= 4 is 44.6 Å². The number of nitrogens with zero attached hydrogens (tertiary/aromatic N) is 3. The molecule has 1 heterocycles. The molecule has 4 rings (SSSR count). The van der Waals surface area contributed by atoms with E-state index in [-0.39, 0.29) is 0 Å². The fraction of sp³-hybridized carbons (Fsp3) is 0.0435. The Bertz CT molecular complexity index is 1100. The zero-order valence-electron chi connectivity index (χ0n) is 14.8. The number of thiazole rings is 1. The van der Waals surface area contributed by atoms with Crippen LogP contribution in [0.3, 0.4) is 0 Å². The van der Waals surface area contributed by atoms with E-state index in [4.69, 9.17) is 0 Å². The predicted octanol–water partition coefficient (Wildman–Crippen LogP) is 6.13. The first-order valence-corrected chi connectivity index (χ1v) is 9.43. The molecule has 0 saturated carbocycles. The highest BCUT2D eigenvalue weighted by Gasteiger charge is 2.09. The number of nitriles is 1. The van der Waals surface area contributed by atoms with E-state index in [1.165, 1.54) is 0 Å². The standard InChI is InChI=1S/C23H17N3S/c1-26(19-7-3-2-4-8-19)20-13-11-17(12-14-20)15-18(16-24)23-25-21-9-5-6-10-22(21)27-23/h2-15H,1H3. The van der Waals surface area contributed by atoms with Crippen molar-refractivity contribution in [2.75, 3.05) is 11.9 Å². The van der Waals surface area contributed by atoms with E-state index in [0.29, 0.717) is 5.57 Å². The van der Waals surface area contributed by atoms with E-state index < -0.39 is 0 Å². The van der Waals surface area contributed by atoms with Crippen LogP contribution >= 0.6 is 11.3 Å². The highest BCUT2D eigenvalue weighted by atomic mass is 32.1. The molecule has 0 saturated heterocycles. The highest BCUT2D eigenvalue weighted by Crippen LogP contribution is 2.29. The first-order valence-electron chi connectivity index (χ1n) is 8.61. The predicted molar refractivity (Wildman–Crippen MR) is 114 cm³/mol. The van der Waals surface area contributed by atoms with Crippen LogP contribution in [0.2, 0.25) is 0 Å². The molecule has 0 fully saturated rings. The summed E-state index contributed by atoms with van der Waals surface area (Å²) in [6.07, 6.45) is 1.89. The van der Waals surface area contributed by atoms with Crippen LogP contribution in [0.25, 0.3) is 21.9 Å². The Hall–Kier alpha value is -3.42. The summed E-state index contributed by atoms with van der Waals surface area (Å²) in [5, 5.41) is 10.4. The topological polar surface area (TPSA) is 39.9 Å². The van der Waals surface area contributed by atoms with Crippen molar-refractivity contribution in [1.29, 1.82) is 5.26 Å². The number of aromatic nitrogens is 1. The summed E-state index contributed by atoms with van der Waals surface area (Å²) in [6.45, 7) is 0. The van der Waals surface area contributed by atoms with E-state index in [9.17, 15) is 5.26 Å². The molecule has 0 spiro atoms. The molecular weight excluding hydrogens is 350 g/mol. The summed E-state index contributed by atoms with van der Waals surface area (Å²) < 4.78 is 1.09. The van der Waals surface area contributed by atoms with Gasteiger partial charge < -0.3 is 4.90 Å². The molecule has 0 atom stereocenters. The minimum Gasteiger partial charge on any atom is -0.345 e. The Balaban J connectivity index is 1.62. The van der Waals surface area contributed by atoms with Crippen LogP contribution in [0.4, 0.5) is 11.4 Å². The van der Waals surface area contributed by atoms with E-state index in [0.717, 1.165) is 32.2 Å². The Labute approximate surface area is 162 Å². The van der Waals surface area contributed by atoms with Crippen molar-refractivity contribution in [2.45, 2.75) is 0 Å². The van der Waals surface area contributed by atoms with Gasteiger partial charge in [0.1, 0.15) is 11.1 Å². The van der Waals surface area contributed by atoms with Crippen LogP contribution in [0, 0.1) is 11.3 Å². The first kappa shape index (κ1) is 17.0. The summed E-state index contributed by atoms with van der Waals surface area (Å²) >= 11 is 1.54. The number of hydrogen-bond acceptors (Lipinski definition) is 4. The molecule has 130 valence electrons. The quantitative estimate of drug-likeness (QED) is 0.407. The van der Waals surface area contributed by atoms with Crippen LogP contribution < -0.4 is 4.90 Å². The summed E-state index contributed by atoms with van der Waals surface area (Å²) in [6, 6.07) is 28.6. The molecule has 0 radical (unpaired) electrons. The van der Waals surface area contributed by atoms with Crippen molar-refractivity contribution in [2.24, 2.45) is 0 Å². The largest absolute Gasteiger partial charge is 0.345 e. The second kappa shape index (κ2) is 7.45. The van der Waals surface area contributed by atoms with E-state index in [1.54, 1.807) is 11.3 Å². The minimum atomic E-state index is 0.584. The van der Waals surface area contributed by atoms with Crippen molar-refractivity contribution in [3.63, 3.8) is 0 Å². The third-order valence-electron chi connectivity index (χ3n) is 4.38. The van der Waals surface area contributed by atoms with E-state index in [2.05, 4.69) is 40.2 Å². The average Bonchev–Trinajstić information content (AvgIpc) is 3.16. The molecule has 3 nitrogen and oxygen atoms in total. The Morgan fingerprint density at radius 3 is 2.30 bits per heavy atom. The maximum Gasteiger partial charge on any atom is 0.135 e. The maximum absolute atomic E-state index is 9.60. The van der Waals surface area contributed by atoms with E-state index >= 15 is 0 Å². The lowest BCUT2D eigenvalue weighted by Gasteiger charge is -2.19. The van der Waals surface area contributed by atoms with Gasteiger partial charge in [0.05, 0.1) is 15.8 Å². The van der Waals surface area contributed by atoms with Crippen LogP contribution in [0.5, 0.6) is 0 Å². The summed E-state index contributed by atoms with van der Waals surface area (Å²) in [4.78, 5) is 6.72. The van der Waals surface area contributed by atoms with Crippen molar-refractivity contribution in [3.05, 3.63) is 89.4 Å². The van der Waals surface area contributed by atoms with Crippen molar-refractivity contribution in [3.8, 4) is 6.07 Å². The molecule has 4 aromatic rings. The number of hydrogen-bond donors (Lipinski definition) is 0. The summed E-state index contributed by atoms with van der Waals surface area (Å²) in [7, 11) is 2.04. The van der Waals surface area contributed by atoms with Gasteiger partial charge in [-0.25, -0.2) is 4.98 Å². The van der Waals surface area contributed by atoms with Crippen LogP contribution in [0.1, 0.15) is 10.6 Å². The molecule has 1 aromatic heterocycles. The van der Waals surface area contributed by atoms with Crippen LogP contribution in [0.15, 0.2) is 78.9 Å². The van der Waals surface area contributed by atoms with Gasteiger partial charge >= 0.3 is 0 Å². The molecule has 0 aliphatic heterocycles. The van der Waals surface area contributed by atoms with Crippen molar-refractivity contribution < 1.29 is 0 Å². The third kappa shape index (κ3) is 3.59. The summed E-state index contributed by atoms with van der Waals surface area (Å²) in [5.74, 6) is 0. The number of allylic oxidation sites excluding steroid dienone is 1. The molecule has 0 unspecified atom stereocenters. The average molecular weight is 367 g/mol. The van der Waals surface area contributed by atoms with Gasteiger partial charge in [0, 0.05) is 18.4 Å². The molecule has 0 bridgehead atoms. The van der Waals surface area contributed by atoms with Gasteiger partial charge in [-0.2, -0.15) is 5.26 Å². The van der Waals surface area contributed by atoms with Gasteiger partial charge in [0.2, 0.25) is 0 Å². The van der Waals surface area contributed by atoms with Gasteiger partial charge in [-0.1, -0.05) is 42.5 Å². The summed E-state index contributed by atoms with van der Waals surface area (Å²) in [5.41, 5.74) is 4.72. The monoisotopic (exact) mass is 367 g/mol. The van der Waals surface area contributed by atoms with Crippen molar-refractivity contribution in [1.82, 2.24) is 4.98 Å². The van der Waals surface area contributed by atoms with E-state index in [1.807, 2.05) is 67.7 Å². The Kier molecular flexibility index (Phi) is 4.69. The lowest BCUT2D eigenvalue weighted by molar-refractivity contribution is 1.21. The zero-order chi connectivity index (χ0) is 18.6. The van der Waals surface area contributed by atoms with Crippen LogP contribution in [-0.4, -0.2) is 12.0 Å². The normalized spacial score (nSPS) is 11.3. The number of anilines is 2. The van der Waals surface area contributed by atoms with Crippen LogP contribution in [-0.2, 0) is 0 Å². The third-order valence-corrected chi connectivity index (χ3v) is 5.45. The molecule has 3 aromatic carbocycles. The number of para-hydroxylation sites is 2. The Morgan fingerprint density at radius 2 is 1.59 bits per heavy atom. The second-order valence-electron chi connectivity index (χ2n) is 6.14. The first-order chi connectivity index (χ1) is 13.2. The molecule has 4 heteroatoms. The molecule has 0 N–H and O–H groups in total. The zero-order valence-corrected chi connectivity index (χ0v) is 15.6. The molecule has 0 aliphatic carbocycles. The maximum atomic E-state index is 9.60. The van der Waals surface area contributed by atoms with Gasteiger partial charge in [0.15, 0.2) is 0 Å². The lowest BCUT2D eigenvalue weighted by atomic mass is 10.1. The number of benzene rings is 3. The smallest absolute Gasteiger partial charge is 0.135 e. The molecule has 27 heavy (non-hydrogen) atoms. The lowest BCUT2D eigenvalue weighted by Crippen LogP contribution is -2.08. The van der Waals surface area contributed by atoms with Gasteiger partial charge in [-0.05, 0) is 48.0 Å². The molecular formula is C23H17N3S. The second-order valence-corrected chi connectivity index (χ2v) is 7.17. The highest BCUT2D eigenvalue weighted by molar-refractivity contribution is 7.19. The molecule has 0 amide bonds. The fourth-order valence-electron chi connectivity index (χ4n) is 2.89. The Morgan fingerprint density at radius 1 is 0.926 bits per heavy atom. The van der Waals surface area contributed by atoms with Gasteiger partial charge in [0.25, 0.3) is 0 Å². The SMILES string of the molecule is CN(c1ccccc1)c1ccc(C=C(C#N)c2nc3ccccc3s2)cc1. The number of fused-ring (bicyclic) bond motifs is 1.